The van der Waals surface area contributed by atoms with Crippen molar-refractivity contribution in [2.24, 2.45) is 4.99 Å². The molecule has 3 aromatic heterocycles. The van der Waals surface area contributed by atoms with Gasteiger partial charge in [0.1, 0.15) is 11.5 Å². The van der Waals surface area contributed by atoms with E-state index in [1.165, 1.54) is 16.6 Å². The molecule has 1 fully saturated rings. The maximum Gasteiger partial charge on any atom is 0.326 e. The number of hydrogen-bond acceptors (Lipinski definition) is 7. The summed E-state index contributed by atoms with van der Waals surface area (Å²) in [5.41, 5.74) is 1.28. The van der Waals surface area contributed by atoms with Crippen molar-refractivity contribution >= 4 is 17.7 Å². The zero-order valence-electron chi connectivity index (χ0n) is 16.5. The van der Waals surface area contributed by atoms with Crippen LogP contribution in [0.1, 0.15) is 37.1 Å². The van der Waals surface area contributed by atoms with Crippen molar-refractivity contribution in [3.63, 3.8) is 0 Å². The molecule has 0 saturated heterocycles. The normalized spacial score (nSPS) is 16.2. The van der Waals surface area contributed by atoms with E-state index in [1.54, 1.807) is 18.3 Å². The minimum atomic E-state index is -0.523. The lowest BCUT2D eigenvalue weighted by molar-refractivity contribution is 0.454. The molecule has 1 aliphatic rings. The van der Waals surface area contributed by atoms with Crippen LogP contribution in [0.15, 0.2) is 40.2 Å². The van der Waals surface area contributed by atoms with Crippen molar-refractivity contribution in [3.8, 4) is 5.88 Å². The molecule has 1 aromatic carbocycles. The zero-order valence-corrected chi connectivity index (χ0v) is 16.5. The Labute approximate surface area is 174 Å². The van der Waals surface area contributed by atoms with Gasteiger partial charge in [-0.2, -0.15) is 19.6 Å². The topological polar surface area (TPSA) is 136 Å². The molecule has 1 atom stereocenters. The van der Waals surface area contributed by atoms with Crippen LogP contribution < -0.4 is 21.8 Å². The standard InChI is InChI=1S/C20H19FN8O2/c1-10(11-3-2-4-13(21)7-11)23-18-26-16-12(8-15-17(30)27-20(31)25-15)9-22-29(16)19(28-18)24-14-5-6-14/h2-4,7-10,14,30H,5-6H2,1H3,(H,23,24,28)(H2,25,27,31)/b12-8+. The molecule has 11 heteroatoms. The molecule has 5 rings (SSSR count). The van der Waals surface area contributed by atoms with Gasteiger partial charge in [0.2, 0.25) is 11.8 Å². The SMILES string of the molecule is CC(Nc1nc(=NC2CC2)n2nc/c(=C\c3[nH]c(=O)[nH]c3O)c2n1)c1cccc(F)c1. The number of nitrogens with one attached hydrogen (secondary N) is 3. The van der Waals surface area contributed by atoms with Crippen LogP contribution >= 0.6 is 0 Å². The molecule has 3 heterocycles. The predicted molar refractivity (Wildman–Crippen MR) is 110 cm³/mol. The Morgan fingerprint density at radius 2 is 2.19 bits per heavy atom. The Morgan fingerprint density at radius 3 is 2.90 bits per heavy atom. The number of benzene rings is 1. The van der Waals surface area contributed by atoms with E-state index < -0.39 is 5.69 Å². The minimum Gasteiger partial charge on any atom is -0.493 e. The fourth-order valence-electron chi connectivity index (χ4n) is 3.20. The summed E-state index contributed by atoms with van der Waals surface area (Å²) in [6.07, 6.45) is 5.10. The first-order valence-corrected chi connectivity index (χ1v) is 9.81. The highest BCUT2D eigenvalue weighted by molar-refractivity contribution is 5.57. The van der Waals surface area contributed by atoms with Gasteiger partial charge in [0.25, 0.3) is 5.62 Å². The van der Waals surface area contributed by atoms with Gasteiger partial charge in [-0.3, -0.25) is 4.98 Å². The summed E-state index contributed by atoms with van der Waals surface area (Å²) in [6, 6.07) is 6.25. The molecule has 31 heavy (non-hydrogen) atoms. The summed E-state index contributed by atoms with van der Waals surface area (Å²) in [4.78, 5) is 29.9. The molecular formula is C20H19FN8O2. The summed E-state index contributed by atoms with van der Waals surface area (Å²) >= 11 is 0. The highest BCUT2D eigenvalue weighted by atomic mass is 19.1. The first-order chi connectivity index (χ1) is 15.0. The number of H-pyrrole nitrogens is 2. The molecule has 0 aliphatic heterocycles. The van der Waals surface area contributed by atoms with Gasteiger partial charge in [-0.25, -0.2) is 14.2 Å². The van der Waals surface area contributed by atoms with Gasteiger partial charge in [-0.05, 0) is 43.5 Å². The minimum absolute atomic E-state index is 0.202. The van der Waals surface area contributed by atoms with Gasteiger partial charge in [0, 0.05) is 5.22 Å². The Hall–Kier alpha value is -4.02. The first kappa shape index (κ1) is 19.0. The van der Waals surface area contributed by atoms with Crippen molar-refractivity contribution in [2.45, 2.75) is 31.8 Å². The van der Waals surface area contributed by atoms with Gasteiger partial charge in [0.05, 0.1) is 18.3 Å². The highest BCUT2D eigenvalue weighted by Gasteiger charge is 2.21. The smallest absolute Gasteiger partial charge is 0.326 e. The third kappa shape index (κ3) is 3.89. The van der Waals surface area contributed by atoms with Gasteiger partial charge < -0.3 is 15.4 Å². The first-order valence-electron chi connectivity index (χ1n) is 9.81. The highest BCUT2D eigenvalue weighted by Crippen LogP contribution is 2.22. The maximum absolute atomic E-state index is 13.6. The van der Waals surface area contributed by atoms with E-state index in [1.807, 2.05) is 13.0 Å². The van der Waals surface area contributed by atoms with Crippen LogP contribution in [0.4, 0.5) is 10.3 Å². The van der Waals surface area contributed by atoms with Crippen LogP contribution in [0.5, 0.6) is 5.88 Å². The second-order valence-electron chi connectivity index (χ2n) is 7.45. The zero-order chi connectivity index (χ0) is 21.5. The molecule has 158 valence electrons. The van der Waals surface area contributed by atoms with Crippen LogP contribution in [-0.4, -0.2) is 40.7 Å². The Bertz CT molecular complexity index is 1450. The third-order valence-electron chi connectivity index (χ3n) is 4.95. The molecule has 1 unspecified atom stereocenters. The van der Waals surface area contributed by atoms with E-state index in [9.17, 15) is 14.3 Å². The fraction of sp³-hybridized carbons (Fsp3) is 0.250. The van der Waals surface area contributed by atoms with Crippen molar-refractivity contribution in [1.29, 1.82) is 0 Å². The second kappa shape index (κ2) is 7.35. The molecular weight excluding hydrogens is 403 g/mol. The van der Waals surface area contributed by atoms with Crippen molar-refractivity contribution in [3.05, 3.63) is 68.9 Å². The van der Waals surface area contributed by atoms with Crippen LogP contribution in [0.2, 0.25) is 0 Å². The van der Waals surface area contributed by atoms with Gasteiger partial charge in [0.15, 0.2) is 5.65 Å². The molecule has 1 saturated carbocycles. The van der Waals surface area contributed by atoms with Crippen molar-refractivity contribution < 1.29 is 9.50 Å². The Morgan fingerprint density at radius 1 is 1.35 bits per heavy atom. The largest absolute Gasteiger partial charge is 0.493 e. The van der Waals surface area contributed by atoms with Crippen LogP contribution in [0, 0.1) is 5.82 Å². The van der Waals surface area contributed by atoms with Crippen molar-refractivity contribution in [2.75, 3.05) is 5.32 Å². The van der Waals surface area contributed by atoms with Crippen LogP contribution in [-0.2, 0) is 0 Å². The lowest BCUT2D eigenvalue weighted by Crippen LogP contribution is -2.25. The summed E-state index contributed by atoms with van der Waals surface area (Å²) in [6.45, 7) is 1.88. The number of aromatic hydroxyl groups is 1. The summed E-state index contributed by atoms with van der Waals surface area (Å²) < 4.78 is 15.1. The number of halogens is 1. The molecule has 0 bridgehead atoms. The number of anilines is 1. The maximum atomic E-state index is 13.6. The average Bonchev–Trinajstić information content (AvgIpc) is 3.37. The van der Waals surface area contributed by atoms with E-state index in [0.29, 0.717) is 22.4 Å². The lowest BCUT2D eigenvalue weighted by Gasteiger charge is -2.14. The summed E-state index contributed by atoms with van der Waals surface area (Å²) in [7, 11) is 0. The molecule has 1 aliphatic carbocycles. The number of imidazole rings is 1. The quantitative estimate of drug-likeness (QED) is 0.375. The van der Waals surface area contributed by atoms with E-state index in [4.69, 9.17) is 0 Å². The van der Waals surface area contributed by atoms with Gasteiger partial charge in [-0.1, -0.05) is 12.1 Å². The molecule has 10 nitrogen and oxygen atoms in total. The third-order valence-corrected chi connectivity index (χ3v) is 4.95. The average molecular weight is 422 g/mol. The number of nitrogens with zero attached hydrogens (tertiary/aromatic N) is 5. The predicted octanol–water partition coefficient (Wildman–Crippen LogP) is 0.769. The Kier molecular flexibility index (Phi) is 4.50. The molecule has 0 spiro atoms. The molecule has 0 amide bonds. The summed E-state index contributed by atoms with van der Waals surface area (Å²) in [5.74, 6) is -0.287. The fourth-order valence-corrected chi connectivity index (χ4v) is 3.20. The second-order valence-corrected chi connectivity index (χ2v) is 7.45. The van der Waals surface area contributed by atoms with Crippen LogP contribution in [0.25, 0.3) is 11.7 Å². The van der Waals surface area contributed by atoms with E-state index >= 15 is 0 Å². The van der Waals surface area contributed by atoms with Crippen LogP contribution in [0.3, 0.4) is 0 Å². The van der Waals surface area contributed by atoms with Gasteiger partial charge >= 0.3 is 5.69 Å². The van der Waals surface area contributed by atoms with E-state index in [-0.39, 0.29) is 29.5 Å². The lowest BCUT2D eigenvalue weighted by atomic mass is 10.1. The summed E-state index contributed by atoms with van der Waals surface area (Å²) in [5, 5.41) is 17.9. The number of rotatable bonds is 5. The molecule has 4 N–H and O–H groups in total. The van der Waals surface area contributed by atoms with Crippen molar-refractivity contribution in [1.82, 2.24) is 29.5 Å². The molecule has 4 aromatic rings. The monoisotopic (exact) mass is 422 g/mol. The number of hydrogen-bond donors (Lipinski definition) is 4. The number of aromatic amines is 2. The number of aromatic nitrogens is 6. The van der Waals surface area contributed by atoms with E-state index in [0.717, 1.165) is 18.4 Å². The van der Waals surface area contributed by atoms with Gasteiger partial charge in [-0.15, -0.1) is 0 Å². The Balaban J connectivity index is 1.62. The number of fused-ring (bicyclic) bond motifs is 1. The molecule has 0 radical (unpaired) electrons. The van der Waals surface area contributed by atoms with E-state index in [2.05, 4.69) is 35.3 Å².